The van der Waals surface area contributed by atoms with E-state index in [4.69, 9.17) is 5.73 Å². The fraction of sp³-hybridized carbons (Fsp3) is 0.600. The Balaban J connectivity index is 2.32. The van der Waals surface area contributed by atoms with Gasteiger partial charge in [-0.25, -0.2) is 8.42 Å². The molecule has 5 heteroatoms. The standard InChI is InChI=1S/C15H24N2O2S/c1-11-6-7-12(2)15(9-11)20(18,19)17-8-4-5-14(10-17)13(3)16/h6-7,9,13-14H,4-5,8,10,16H2,1-3H3/t13-,14-/m0/s1. The van der Waals surface area contributed by atoms with Gasteiger partial charge in [-0.15, -0.1) is 0 Å². The summed E-state index contributed by atoms with van der Waals surface area (Å²) in [5.41, 5.74) is 7.72. The SMILES string of the molecule is Cc1ccc(C)c(S(=O)(=O)N2CCC[C@H]([C@H](C)N)C2)c1. The van der Waals surface area contributed by atoms with E-state index in [0.29, 0.717) is 18.0 Å². The Kier molecular flexibility index (Phi) is 4.52. The van der Waals surface area contributed by atoms with Crippen molar-refractivity contribution < 1.29 is 8.42 Å². The summed E-state index contributed by atoms with van der Waals surface area (Å²) < 4.78 is 27.2. The first-order chi connectivity index (χ1) is 9.32. The first kappa shape index (κ1) is 15.5. The van der Waals surface area contributed by atoms with Gasteiger partial charge in [-0.2, -0.15) is 4.31 Å². The van der Waals surface area contributed by atoms with Crippen LogP contribution in [0.2, 0.25) is 0 Å². The Morgan fingerprint density at radius 3 is 2.70 bits per heavy atom. The summed E-state index contributed by atoms with van der Waals surface area (Å²) in [5, 5.41) is 0. The molecule has 0 bridgehead atoms. The van der Waals surface area contributed by atoms with Crippen molar-refractivity contribution in [2.45, 2.75) is 44.6 Å². The Morgan fingerprint density at radius 1 is 1.35 bits per heavy atom. The molecule has 0 amide bonds. The van der Waals surface area contributed by atoms with E-state index in [0.717, 1.165) is 24.0 Å². The third kappa shape index (κ3) is 3.05. The molecule has 0 spiro atoms. The van der Waals surface area contributed by atoms with Gasteiger partial charge in [0.1, 0.15) is 0 Å². The van der Waals surface area contributed by atoms with E-state index in [9.17, 15) is 8.42 Å². The monoisotopic (exact) mass is 296 g/mol. The largest absolute Gasteiger partial charge is 0.328 e. The highest BCUT2D eigenvalue weighted by molar-refractivity contribution is 7.89. The van der Waals surface area contributed by atoms with E-state index in [2.05, 4.69) is 0 Å². The number of benzene rings is 1. The zero-order valence-electron chi connectivity index (χ0n) is 12.5. The second-order valence-corrected chi connectivity index (χ2v) is 7.80. The van der Waals surface area contributed by atoms with Crippen LogP contribution < -0.4 is 5.73 Å². The summed E-state index contributed by atoms with van der Waals surface area (Å²) in [7, 11) is -3.40. The molecule has 2 rings (SSSR count). The molecular formula is C15H24N2O2S. The van der Waals surface area contributed by atoms with Gasteiger partial charge in [-0.1, -0.05) is 12.1 Å². The second-order valence-electron chi connectivity index (χ2n) is 5.89. The molecule has 1 aromatic carbocycles. The van der Waals surface area contributed by atoms with Crippen LogP contribution in [0.25, 0.3) is 0 Å². The molecule has 1 aromatic rings. The number of piperidine rings is 1. The zero-order chi connectivity index (χ0) is 14.9. The molecule has 0 aromatic heterocycles. The quantitative estimate of drug-likeness (QED) is 0.928. The molecule has 0 unspecified atom stereocenters. The predicted molar refractivity (Wildman–Crippen MR) is 81.0 cm³/mol. The molecule has 0 radical (unpaired) electrons. The Labute approximate surface area is 122 Å². The third-order valence-electron chi connectivity index (χ3n) is 4.13. The van der Waals surface area contributed by atoms with Gasteiger partial charge in [0.15, 0.2) is 0 Å². The summed E-state index contributed by atoms with van der Waals surface area (Å²) in [6.45, 7) is 6.85. The highest BCUT2D eigenvalue weighted by Crippen LogP contribution is 2.27. The van der Waals surface area contributed by atoms with E-state index < -0.39 is 10.0 Å². The van der Waals surface area contributed by atoms with Gasteiger partial charge in [0, 0.05) is 19.1 Å². The molecule has 0 saturated carbocycles. The predicted octanol–water partition coefficient (Wildman–Crippen LogP) is 2.05. The molecule has 0 aliphatic carbocycles. The first-order valence-corrected chi connectivity index (χ1v) is 8.59. The topological polar surface area (TPSA) is 63.4 Å². The van der Waals surface area contributed by atoms with Crippen LogP contribution in [-0.2, 0) is 10.0 Å². The summed E-state index contributed by atoms with van der Waals surface area (Å²) in [4.78, 5) is 0.433. The number of nitrogens with two attached hydrogens (primary N) is 1. The number of hydrogen-bond donors (Lipinski definition) is 1. The molecule has 112 valence electrons. The summed E-state index contributed by atoms with van der Waals surface area (Å²) in [6.07, 6.45) is 1.90. The minimum Gasteiger partial charge on any atom is -0.328 e. The molecule has 1 heterocycles. The van der Waals surface area contributed by atoms with Gasteiger partial charge in [0.05, 0.1) is 4.90 Å². The minimum absolute atomic E-state index is 0.0339. The lowest BCUT2D eigenvalue weighted by Gasteiger charge is -2.34. The van der Waals surface area contributed by atoms with Gasteiger partial charge in [-0.3, -0.25) is 0 Å². The van der Waals surface area contributed by atoms with Gasteiger partial charge in [0.2, 0.25) is 10.0 Å². The number of rotatable bonds is 3. The lowest BCUT2D eigenvalue weighted by Crippen LogP contribution is -2.45. The van der Waals surface area contributed by atoms with Crippen molar-refractivity contribution in [1.29, 1.82) is 0 Å². The first-order valence-electron chi connectivity index (χ1n) is 7.15. The Bertz CT molecular complexity index is 582. The van der Waals surface area contributed by atoms with Gasteiger partial charge in [0.25, 0.3) is 0 Å². The highest BCUT2D eigenvalue weighted by atomic mass is 32.2. The maximum atomic E-state index is 12.8. The third-order valence-corrected chi connectivity index (χ3v) is 6.13. The van der Waals surface area contributed by atoms with Crippen LogP contribution in [0.3, 0.4) is 0 Å². The van der Waals surface area contributed by atoms with Gasteiger partial charge < -0.3 is 5.73 Å². The number of nitrogens with zero attached hydrogens (tertiary/aromatic N) is 1. The van der Waals surface area contributed by atoms with Crippen LogP contribution in [0.5, 0.6) is 0 Å². The Morgan fingerprint density at radius 2 is 2.05 bits per heavy atom. The molecular weight excluding hydrogens is 272 g/mol. The molecule has 2 N–H and O–H groups in total. The summed E-state index contributed by atoms with van der Waals surface area (Å²) in [5.74, 6) is 0.253. The minimum atomic E-state index is -3.40. The highest BCUT2D eigenvalue weighted by Gasteiger charge is 2.32. The van der Waals surface area contributed by atoms with Crippen LogP contribution >= 0.6 is 0 Å². The fourth-order valence-corrected chi connectivity index (χ4v) is 4.59. The number of sulfonamides is 1. The molecule has 1 fully saturated rings. The smallest absolute Gasteiger partial charge is 0.243 e. The van der Waals surface area contributed by atoms with Gasteiger partial charge >= 0.3 is 0 Å². The van der Waals surface area contributed by atoms with E-state index in [-0.39, 0.29) is 12.0 Å². The van der Waals surface area contributed by atoms with E-state index >= 15 is 0 Å². The second kappa shape index (κ2) is 5.84. The lowest BCUT2D eigenvalue weighted by molar-refractivity contribution is 0.243. The molecule has 20 heavy (non-hydrogen) atoms. The summed E-state index contributed by atoms with van der Waals surface area (Å²) >= 11 is 0. The number of hydrogen-bond acceptors (Lipinski definition) is 3. The summed E-state index contributed by atoms with van der Waals surface area (Å²) in [6, 6.07) is 5.61. The van der Waals surface area contributed by atoms with Crippen molar-refractivity contribution >= 4 is 10.0 Å². The fourth-order valence-electron chi connectivity index (χ4n) is 2.75. The van der Waals surface area contributed by atoms with Crippen LogP contribution in [0, 0.1) is 19.8 Å². The molecule has 2 atom stereocenters. The average Bonchev–Trinajstić information content (AvgIpc) is 2.41. The van der Waals surface area contributed by atoms with E-state index in [1.165, 1.54) is 0 Å². The molecule has 1 saturated heterocycles. The van der Waals surface area contributed by atoms with Crippen molar-refractivity contribution in [3.8, 4) is 0 Å². The number of aryl methyl sites for hydroxylation is 2. The zero-order valence-corrected chi connectivity index (χ0v) is 13.3. The maximum Gasteiger partial charge on any atom is 0.243 e. The van der Waals surface area contributed by atoms with Crippen molar-refractivity contribution in [2.24, 2.45) is 11.7 Å². The van der Waals surface area contributed by atoms with Crippen LogP contribution in [-0.4, -0.2) is 31.9 Å². The van der Waals surface area contributed by atoms with Crippen molar-refractivity contribution in [3.05, 3.63) is 29.3 Å². The lowest BCUT2D eigenvalue weighted by atomic mass is 9.93. The Hall–Kier alpha value is -0.910. The van der Waals surface area contributed by atoms with Crippen molar-refractivity contribution in [2.75, 3.05) is 13.1 Å². The van der Waals surface area contributed by atoms with Crippen LogP contribution in [0.4, 0.5) is 0 Å². The van der Waals surface area contributed by atoms with Crippen LogP contribution in [0.1, 0.15) is 30.9 Å². The van der Waals surface area contributed by atoms with Crippen molar-refractivity contribution in [3.63, 3.8) is 0 Å². The van der Waals surface area contributed by atoms with E-state index in [1.54, 1.807) is 10.4 Å². The average molecular weight is 296 g/mol. The molecule has 1 aliphatic heterocycles. The molecule has 1 aliphatic rings. The molecule has 4 nitrogen and oxygen atoms in total. The van der Waals surface area contributed by atoms with E-state index in [1.807, 2.05) is 32.9 Å². The van der Waals surface area contributed by atoms with Crippen molar-refractivity contribution in [1.82, 2.24) is 4.31 Å². The normalized spacial score (nSPS) is 22.7. The van der Waals surface area contributed by atoms with Gasteiger partial charge in [-0.05, 0) is 56.7 Å². The maximum absolute atomic E-state index is 12.8. The van der Waals surface area contributed by atoms with Crippen LogP contribution in [0.15, 0.2) is 23.1 Å².